The molecule has 0 atom stereocenters. The van der Waals surface area contributed by atoms with Crippen molar-refractivity contribution in [1.82, 2.24) is 0 Å². The molecule has 0 radical (unpaired) electrons. The lowest BCUT2D eigenvalue weighted by Crippen LogP contribution is -2.09. The van der Waals surface area contributed by atoms with Crippen LogP contribution in [0.2, 0.25) is 0 Å². The van der Waals surface area contributed by atoms with Crippen molar-refractivity contribution in [1.29, 1.82) is 0 Å². The van der Waals surface area contributed by atoms with Crippen LogP contribution in [0.5, 0.6) is 0 Å². The number of benzene rings is 2. The first-order valence-corrected chi connectivity index (χ1v) is 7.47. The highest BCUT2D eigenvalue weighted by atomic mass is 16.5. The Morgan fingerprint density at radius 1 is 0.630 bits per heavy atom. The first-order chi connectivity index (χ1) is 12.7. The summed E-state index contributed by atoms with van der Waals surface area (Å²) in [5.41, 5.74) is -0.381. The van der Waals surface area contributed by atoms with Gasteiger partial charge in [0.2, 0.25) is 0 Å². The number of carbonyl (C=O) groups is 4. The molecule has 0 saturated heterocycles. The standard InChI is InChI=1S/C18H14O9/c19-15(20)9-1-3-13(17(23)24)11(5-9)7-27-8-12-6-10(16(21)22)2-4-14(12)18(25)26/h1-6H,7-8H2,(H,19,20)(H,21,22)(H,23,24)(H,25,26). The summed E-state index contributed by atoms with van der Waals surface area (Å²) >= 11 is 0. The zero-order valence-corrected chi connectivity index (χ0v) is 13.7. The minimum absolute atomic E-state index is 0.0914. The topological polar surface area (TPSA) is 158 Å². The molecule has 9 nitrogen and oxygen atoms in total. The zero-order valence-electron chi connectivity index (χ0n) is 13.7. The van der Waals surface area contributed by atoms with E-state index in [0.29, 0.717) is 0 Å². The van der Waals surface area contributed by atoms with Crippen LogP contribution in [0.3, 0.4) is 0 Å². The maximum absolute atomic E-state index is 11.3. The number of hydrogen-bond acceptors (Lipinski definition) is 5. The molecule has 2 rings (SSSR count). The van der Waals surface area contributed by atoms with Crippen molar-refractivity contribution in [2.24, 2.45) is 0 Å². The third-order valence-corrected chi connectivity index (χ3v) is 3.68. The molecule has 27 heavy (non-hydrogen) atoms. The molecule has 0 saturated carbocycles. The van der Waals surface area contributed by atoms with Gasteiger partial charge in [-0.2, -0.15) is 0 Å². The Balaban J connectivity index is 2.25. The molecule has 0 aliphatic carbocycles. The molecule has 0 spiro atoms. The number of aromatic carboxylic acids is 4. The van der Waals surface area contributed by atoms with E-state index in [2.05, 4.69) is 0 Å². The smallest absolute Gasteiger partial charge is 0.336 e. The predicted molar refractivity (Wildman–Crippen MR) is 89.2 cm³/mol. The lowest BCUT2D eigenvalue weighted by Gasteiger charge is -2.11. The fourth-order valence-electron chi connectivity index (χ4n) is 2.38. The maximum atomic E-state index is 11.3. The zero-order chi connectivity index (χ0) is 20.1. The molecule has 0 aliphatic rings. The second-order valence-corrected chi connectivity index (χ2v) is 5.46. The Hall–Kier alpha value is -3.72. The van der Waals surface area contributed by atoms with Crippen LogP contribution in [0.15, 0.2) is 36.4 Å². The minimum Gasteiger partial charge on any atom is -0.478 e. The molecular formula is C18H14O9. The van der Waals surface area contributed by atoms with E-state index in [9.17, 15) is 29.4 Å². The molecule has 2 aromatic rings. The third-order valence-electron chi connectivity index (χ3n) is 3.68. The number of ether oxygens (including phenoxy) is 1. The van der Waals surface area contributed by atoms with E-state index >= 15 is 0 Å². The molecule has 0 heterocycles. The maximum Gasteiger partial charge on any atom is 0.336 e. The van der Waals surface area contributed by atoms with Crippen LogP contribution in [-0.4, -0.2) is 44.3 Å². The Morgan fingerprint density at radius 3 is 1.30 bits per heavy atom. The van der Waals surface area contributed by atoms with E-state index in [-0.39, 0.29) is 46.6 Å². The van der Waals surface area contributed by atoms with Crippen LogP contribution >= 0.6 is 0 Å². The molecule has 0 unspecified atom stereocenters. The summed E-state index contributed by atoms with van der Waals surface area (Å²) in [5.74, 6) is -5.03. The second kappa shape index (κ2) is 8.11. The molecular weight excluding hydrogens is 360 g/mol. The minimum atomic E-state index is -1.27. The first-order valence-electron chi connectivity index (χ1n) is 7.47. The average molecular weight is 374 g/mol. The van der Waals surface area contributed by atoms with E-state index in [1.165, 1.54) is 0 Å². The Labute approximate surface area is 152 Å². The van der Waals surface area contributed by atoms with Crippen molar-refractivity contribution in [3.63, 3.8) is 0 Å². The van der Waals surface area contributed by atoms with Gasteiger partial charge >= 0.3 is 23.9 Å². The molecule has 9 heteroatoms. The highest BCUT2D eigenvalue weighted by Gasteiger charge is 2.16. The van der Waals surface area contributed by atoms with Crippen LogP contribution in [-0.2, 0) is 18.0 Å². The van der Waals surface area contributed by atoms with Crippen molar-refractivity contribution in [2.75, 3.05) is 0 Å². The average Bonchev–Trinajstić information content (AvgIpc) is 2.60. The van der Waals surface area contributed by atoms with Gasteiger partial charge in [-0.1, -0.05) is 0 Å². The van der Waals surface area contributed by atoms with Crippen LogP contribution in [0.25, 0.3) is 0 Å². The normalized spacial score (nSPS) is 10.4. The van der Waals surface area contributed by atoms with Crippen molar-refractivity contribution >= 4 is 23.9 Å². The van der Waals surface area contributed by atoms with Gasteiger partial charge in [0.1, 0.15) is 0 Å². The molecule has 2 aromatic carbocycles. The van der Waals surface area contributed by atoms with Crippen molar-refractivity contribution < 1.29 is 44.3 Å². The van der Waals surface area contributed by atoms with Gasteiger partial charge in [0, 0.05) is 0 Å². The predicted octanol–water partition coefficient (Wildman–Crippen LogP) is 2.20. The third kappa shape index (κ3) is 4.67. The van der Waals surface area contributed by atoms with Crippen molar-refractivity contribution in [3.8, 4) is 0 Å². The van der Waals surface area contributed by atoms with Crippen LogP contribution in [0.1, 0.15) is 52.6 Å². The molecule has 0 fully saturated rings. The summed E-state index contributed by atoms with van der Waals surface area (Å²) in [5, 5.41) is 36.4. The van der Waals surface area contributed by atoms with Gasteiger partial charge in [0.25, 0.3) is 0 Å². The van der Waals surface area contributed by atoms with E-state index in [1.807, 2.05) is 0 Å². The Bertz CT molecular complexity index is 855. The monoisotopic (exact) mass is 374 g/mol. The fourth-order valence-corrected chi connectivity index (χ4v) is 2.38. The molecule has 0 amide bonds. The molecule has 4 N–H and O–H groups in total. The summed E-state index contributed by atoms with van der Waals surface area (Å²) < 4.78 is 5.34. The van der Waals surface area contributed by atoms with Gasteiger partial charge in [-0.3, -0.25) is 0 Å². The Morgan fingerprint density at radius 2 is 1.00 bits per heavy atom. The van der Waals surface area contributed by atoms with Gasteiger partial charge in [0.05, 0.1) is 35.5 Å². The fraction of sp³-hybridized carbons (Fsp3) is 0.111. The SMILES string of the molecule is O=C(O)c1ccc(C(=O)O)c(COCc2cc(C(=O)O)ccc2C(=O)O)c1. The van der Waals surface area contributed by atoms with Gasteiger partial charge < -0.3 is 25.2 Å². The summed E-state index contributed by atoms with van der Waals surface area (Å²) in [6, 6.07) is 6.87. The van der Waals surface area contributed by atoms with Crippen LogP contribution in [0, 0.1) is 0 Å². The highest BCUT2D eigenvalue weighted by molar-refractivity contribution is 5.94. The van der Waals surface area contributed by atoms with Crippen LogP contribution in [0.4, 0.5) is 0 Å². The number of carboxylic acids is 4. The molecule has 0 aliphatic heterocycles. The van der Waals surface area contributed by atoms with Gasteiger partial charge in [0.15, 0.2) is 0 Å². The summed E-state index contributed by atoms with van der Waals surface area (Å²) in [4.78, 5) is 44.6. The van der Waals surface area contributed by atoms with E-state index < -0.39 is 23.9 Å². The summed E-state index contributed by atoms with van der Waals surface area (Å²) in [7, 11) is 0. The van der Waals surface area contributed by atoms with E-state index in [0.717, 1.165) is 36.4 Å². The molecule has 0 aromatic heterocycles. The van der Waals surface area contributed by atoms with Crippen molar-refractivity contribution in [2.45, 2.75) is 13.2 Å². The summed E-state index contributed by atoms with van der Waals surface area (Å²) in [6.45, 7) is -0.613. The van der Waals surface area contributed by atoms with Gasteiger partial charge in [-0.25, -0.2) is 19.2 Å². The first kappa shape index (κ1) is 19.6. The highest BCUT2D eigenvalue weighted by Crippen LogP contribution is 2.18. The van der Waals surface area contributed by atoms with Crippen molar-refractivity contribution in [3.05, 3.63) is 69.8 Å². The second-order valence-electron chi connectivity index (χ2n) is 5.46. The number of rotatable bonds is 8. The van der Waals surface area contributed by atoms with E-state index in [4.69, 9.17) is 14.9 Å². The number of hydrogen-bond donors (Lipinski definition) is 4. The summed E-state index contributed by atoms with van der Waals surface area (Å²) in [6.07, 6.45) is 0. The van der Waals surface area contributed by atoms with Gasteiger partial charge in [-0.05, 0) is 47.5 Å². The van der Waals surface area contributed by atoms with E-state index in [1.54, 1.807) is 0 Å². The van der Waals surface area contributed by atoms with Crippen LogP contribution < -0.4 is 0 Å². The van der Waals surface area contributed by atoms with Gasteiger partial charge in [-0.15, -0.1) is 0 Å². The lowest BCUT2D eigenvalue weighted by atomic mass is 10.0. The largest absolute Gasteiger partial charge is 0.478 e. The quantitative estimate of drug-likeness (QED) is 0.543. The molecule has 0 bridgehead atoms. The Kier molecular flexibility index (Phi) is 5.89. The lowest BCUT2D eigenvalue weighted by molar-refractivity contribution is 0.0661. The molecule has 140 valence electrons. The number of carboxylic acid groups (broad SMARTS) is 4.